The Labute approximate surface area is 116 Å². The molecule has 0 aliphatic rings. The molecule has 0 amide bonds. The van der Waals surface area contributed by atoms with E-state index in [4.69, 9.17) is 0 Å². The van der Waals surface area contributed by atoms with E-state index in [9.17, 15) is 0 Å². The largest absolute Gasteiger partial charge is 0.308 e. The number of hydrogen-bond acceptors (Lipinski definition) is 3. The first-order valence-electron chi connectivity index (χ1n) is 6.71. The van der Waals surface area contributed by atoms with Crippen molar-refractivity contribution >= 4 is 11.8 Å². The second-order valence-corrected chi connectivity index (χ2v) is 7.07. The molecule has 1 heterocycles. The lowest BCUT2D eigenvalue weighted by molar-refractivity contribution is 0.423. The van der Waals surface area contributed by atoms with Crippen LogP contribution in [0.3, 0.4) is 0 Å². The highest BCUT2D eigenvalue weighted by molar-refractivity contribution is 7.99. The maximum atomic E-state index is 4.65. The molecule has 1 aromatic rings. The van der Waals surface area contributed by atoms with Crippen LogP contribution in [0.1, 0.15) is 44.6 Å². The van der Waals surface area contributed by atoms with Gasteiger partial charge in [-0.3, -0.25) is 4.68 Å². The zero-order valence-corrected chi connectivity index (χ0v) is 13.4. The monoisotopic (exact) mass is 269 g/mol. The standard InChI is InChI=1S/C14H27N3S/c1-7-18-9-8-17-12(3)13(11(2)16-17)10-15-14(4,5)6/h15H,7-10H2,1-6H3. The SMILES string of the molecule is CCSCCn1nc(C)c(CNC(C)(C)C)c1C. The summed E-state index contributed by atoms with van der Waals surface area (Å²) in [5.74, 6) is 2.32. The Morgan fingerprint density at radius 1 is 1.28 bits per heavy atom. The van der Waals surface area contributed by atoms with E-state index >= 15 is 0 Å². The van der Waals surface area contributed by atoms with Crippen LogP contribution in [-0.4, -0.2) is 26.8 Å². The van der Waals surface area contributed by atoms with E-state index in [1.807, 2.05) is 11.8 Å². The molecule has 0 atom stereocenters. The van der Waals surface area contributed by atoms with Gasteiger partial charge in [0, 0.05) is 29.1 Å². The van der Waals surface area contributed by atoms with Gasteiger partial charge in [-0.25, -0.2) is 0 Å². The van der Waals surface area contributed by atoms with Crippen LogP contribution >= 0.6 is 11.8 Å². The third-order valence-electron chi connectivity index (χ3n) is 2.98. The fourth-order valence-electron chi connectivity index (χ4n) is 1.86. The first-order chi connectivity index (χ1) is 8.35. The van der Waals surface area contributed by atoms with Crippen molar-refractivity contribution in [2.24, 2.45) is 0 Å². The highest BCUT2D eigenvalue weighted by Crippen LogP contribution is 2.15. The Kier molecular flexibility index (Phi) is 5.73. The molecule has 0 saturated heterocycles. The summed E-state index contributed by atoms with van der Waals surface area (Å²) in [5, 5.41) is 8.19. The van der Waals surface area contributed by atoms with Crippen LogP contribution in [0.15, 0.2) is 0 Å². The number of nitrogens with zero attached hydrogens (tertiary/aromatic N) is 2. The molecule has 3 nitrogen and oxygen atoms in total. The predicted molar refractivity (Wildman–Crippen MR) is 81.3 cm³/mol. The lowest BCUT2D eigenvalue weighted by atomic mass is 10.1. The van der Waals surface area contributed by atoms with E-state index in [1.165, 1.54) is 17.0 Å². The highest BCUT2D eigenvalue weighted by Gasteiger charge is 2.14. The normalized spacial score (nSPS) is 12.1. The van der Waals surface area contributed by atoms with Crippen LogP contribution in [0.5, 0.6) is 0 Å². The van der Waals surface area contributed by atoms with Crippen molar-refractivity contribution in [3.05, 3.63) is 17.0 Å². The predicted octanol–water partition coefficient (Wildman–Crippen LogP) is 3.14. The maximum Gasteiger partial charge on any atom is 0.0641 e. The lowest BCUT2D eigenvalue weighted by Crippen LogP contribution is -2.35. The molecule has 0 saturated carbocycles. The highest BCUT2D eigenvalue weighted by atomic mass is 32.2. The van der Waals surface area contributed by atoms with Crippen molar-refractivity contribution in [1.82, 2.24) is 15.1 Å². The van der Waals surface area contributed by atoms with Gasteiger partial charge in [0.1, 0.15) is 0 Å². The van der Waals surface area contributed by atoms with Gasteiger partial charge >= 0.3 is 0 Å². The van der Waals surface area contributed by atoms with Crippen molar-refractivity contribution in [2.75, 3.05) is 11.5 Å². The van der Waals surface area contributed by atoms with Gasteiger partial charge in [0.25, 0.3) is 0 Å². The lowest BCUT2D eigenvalue weighted by Gasteiger charge is -2.20. The van der Waals surface area contributed by atoms with Crippen molar-refractivity contribution in [1.29, 1.82) is 0 Å². The molecule has 0 fully saturated rings. The number of rotatable bonds is 6. The summed E-state index contributed by atoms with van der Waals surface area (Å²) in [4.78, 5) is 0. The first-order valence-corrected chi connectivity index (χ1v) is 7.86. The van der Waals surface area contributed by atoms with Gasteiger partial charge in [-0.15, -0.1) is 0 Å². The fourth-order valence-corrected chi connectivity index (χ4v) is 2.45. The second-order valence-electron chi connectivity index (χ2n) is 5.67. The van der Waals surface area contributed by atoms with Crippen LogP contribution in [0.25, 0.3) is 0 Å². The van der Waals surface area contributed by atoms with Gasteiger partial charge in [-0.2, -0.15) is 16.9 Å². The molecule has 104 valence electrons. The third kappa shape index (κ3) is 4.65. The number of aromatic nitrogens is 2. The van der Waals surface area contributed by atoms with Crippen molar-refractivity contribution in [3.8, 4) is 0 Å². The maximum absolute atomic E-state index is 4.65. The van der Waals surface area contributed by atoms with Crippen molar-refractivity contribution < 1.29 is 0 Å². The number of hydrogen-bond donors (Lipinski definition) is 1. The van der Waals surface area contributed by atoms with Crippen molar-refractivity contribution in [3.63, 3.8) is 0 Å². The van der Waals surface area contributed by atoms with Crippen molar-refractivity contribution in [2.45, 2.75) is 60.2 Å². The first kappa shape index (κ1) is 15.6. The quantitative estimate of drug-likeness (QED) is 0.805. The van der Waals surface area contributed by atoms with E-state index in [0.29, 0.717) is 0 Å². The van der Waals surface area contributed by atoms with Gasteiger partial charge in [0.15, 0.2) is 0 Å². The summed E-state index contributed by atoms with van der Waals surface area (Å²) in [7, 11) is 0. The second kappa shape index (κ2) is 6.62. The number of aryl methyl sites for hydroxylation is 2. The molecular weight excluding hydrogens is 242 g/mol. The van der Waals surface area contributed by atoms with Crippen LogP contribution < -0.4 is 5.32 Å². The number of thioether (sulfide) groups is 1. The Morgan fingerprint density at radius 3 is 2.50 bits per heavy atom. The molecule has 0 aliphatic carbocycles. The van der Waals surface area contributed by atoms with Gasteiger partial charge in [0.2, 0.25) is 0 Å². The molecule has 4 heteroatoms. The summed E-state index contributed by atoms with van der Waals surface area (Å²) < 4.78 is 2.15. The van der Waals surface area contributed by atoms with Gasteiger partial charge in [-0.1, -0.05) is 6.92 Å². The summed E-state index contributed by atoms with van der Waals surface area (Å²) in [5.41, 5.74) is 3.97. The molecule has 0 aliphatic heterocycles. The summed E-state index contributed by atoms with van der Waals surface area (Å²) in [6, 6.07) is 0. The third-order valence-corrected chi connectivity index (χ3v) is 3.86. The molecule has 1 N–H and O–H groups in total. The van der Waals surface area contributed by atoms with Crippen LogP contribution in [0.2, 0.25) is 0 Å². The van der Waals surface area contributed by atoms with E-state index in [1.54, 1.807) is 0 Å². The van der Waals surface area contributed by atoms with E-state index in [0.717, 1.165) is 24.5 Å². The molecule has 0 spiro atoms. The molecule has 0 bridgehead atoms. The molecule has 0 unspecified atom stereocenters. The average Bonchev–Trinajstić information content (AvgIpc) is 2.51. The minimum atomic E-state index is 0.152. The summed E-state index contributed by atoms with van der Waals surface area (Å²) >= 11 is 1.97. The molecule has 0 radical (unpaired) electrons. The Balaban J connectivity index is 2.68. The minimum absolute atomic E-state index is 0.152. The van der Waals surface area contributed by atoms with Gasteiger partial charge in [-0.05, 0) is 40.4 Å². The molecule has 18 heavy (non-hydrogen) atoms. The summed E-state index contributed by atoms with van der Waals surface area (Å²) in [6.45, 7) is 15.0. The average molecular weight is 269 g/mol. The van der Waals surface area contributed by atoms with E-state index in [-0.39, 0.29) is 5.54 Å². The molecule has 1 aromatic heterocycles. The van der Waals surface area contributed by atoms with Gasteiger partial charge in [0.05, 0.1) is 12.2 Å². The molecular formula is C14H27N3S. The van der Waals surface area contributed by atoms with Gasteiger partial charge < -0.3 is 5.32 Å². The van der Waals surface area contributed by atoms with E-state index < -0.39 is 0 Å². The molecule has 1 rings (SSSR count). The Bertz CT molecular complexity index is 377. The Morgan fingerprint density at radius 2 is 1.94 bits per heavy atom. The molecule has 0 aromatic carbocycles. The Hall–Kier alpha value is -0.480. The zero-order valence-electron chi connectivity index (χ0n) is 12.6. The fraction of sp³-hybridized carbons (Fsp3) is 0.786. The number of nitrogens with one attached hydrogen (secondary N) is 1. The van der Waals surface area contributed by atoms with Crippen LogP contribution in [0, 0.1) is 13.8 Å². The summed E-state index contributed by atoms with van der Waals surface area (Å²) in [6.07, 6.45) is 0. The minimum Gasteiger partial charge on any atom is -0.308 e. The van der Waals surface area contributed by atoms with E-state index in [2.05, 4.69) is 56.6 Å². The topological polar surface area (TPSA) is 29.9 Å². The smallest absolute Gasteiger partial charge is 0.0641 e. The van der Waals surface area contributed by atoms with Crippen LogP contribution in [-0.2, 0) is 13.1 Å². The van der Waals surface area contributed by atoms with Crippen LogP contribution in [0.4, 0.5) is 0 Å². The zero-order chi connectivity index (χ0) is 13.8.